The summed E-state index contributed by atoms with van der Waals surface area (Å²) in [5.74, 6) is -1.39. The highest BCUT2D eigenvalue weighted by Crippen LogP contribution is 2.25. The van der Waals surface area contributed by atoms with Gasteiger partial charge in [0, 0.05) is 38.3 Å². The maximum atomic E-state index is 11.7. The summed E-state index contributed by atoms with van der Waals surface area (Å²) in [5.41, 5.74) is 0.961. The minimum Gasteiger partial charge on any atom is -0.478 e. The maximum absolute atomic E-state index is 11.7. The highest BCUT2D eigenvalue weighted by molar-refractivity contribution is 6.33. The number of carbonyl (C=O) groups excluding carboxylic acids is 1. The molecule has 1 aromatic carbocycles. The first-order valence-electron chi connectivity index (χ1n) is 6.27. The number of anilines is 1. The second-order valence-corrected chi connectivity index (χ2v) is 4.84. The van der Waals surface area contributed by atoms with Gasteiger partial charge >= 0.3 is 5.97 Å². The Balaban J connectivity index is 1.94. The number of benzene rings is 1. The minimum absolute atomic E-state index is 0.272. The number of rotatable bonds is 3. The first-order valence-corrected chi connectivity index (χ1v) is 6.65. The average Bonchev–Trinajstić information content (AvgIpc) is 2.45. The lowest BCUT2D eigenvalue weighted by Gasteiger charge is -2.36. The Hall–Kier alpha value is -2.01. The lowest BCUT2D eigenvalue weighted by Crippen LogP contribution is -2.48. The summed E-state index contributed by atoms with van der Waals surface area (Å²) in [5, 5.41) is 9.19. The first-order chi connectivity index (χ1) is 9.58. The Morgan fingerprint density at radius 2 is 1.75 bits per heavy atom. The lowest BCUT2D eigenvalue weighted by molar-refractivity contribution is -0.132. The zero-order chi connectivity index (χ0) is 14.5. The third kappa shape index (κ3) is 3.51. The van der Waals surface area contributed by atoms with Gasteiger partial charge in [0.1, 0.15) is 0 Å². The van der Waals surface area contributed by atoms with E-state index in [0.717, 1.165) is 17.8 Å². The van der Waals surface area contributed by atoms with Gasteiger partial charge in [0.25, 0.3) is 0 Å². The summed E-state index contributed by atoms with van der Waals surface area (Å²) in [4.78, 5) is 25.9. The second-order valence-electron chi connectivity index (χ2n) is 4.44. The molecule has 5 nitrogen and oxygen atoms in total. The molecule has 1 aromatic rings. The van der Waals surface area contributed by atoms with Crippen molar-refractivity contribution in [2.24, 2.45) is 0 Å². The fourth-order valence-electron chi connectivity index (χ4n) is 2.12. The fraction of sp³-hybridized carbons (Fsp3) is 0.286. The van der Waals surface area contributed by atoms with E-state index in [0.29, 0.717) is 31.2 Å². The van der Waals surface area contributed by atoms with Crippen molar-refractivity contribution in [2.45, 2.75) is 0 Å². The smallest absolute Gasteiger partial charge is 0.328 e. The molecule has 1 saturated heterocycles. The van der Waals surface area contributed by atoms with Gasteiger partial charge in [-0.3, -0.25) is 4.79 Å². The number of halogens is 1. The molecule has 106 valence electrons. The third-order valence-corrected chi connectivity index (χ3v) is 3.47. The summed E-state index contributed by atoms with van der Waals surface area (Å²) in [6, 6.07) is 7.59. The minimum atomic E-state index is -1.12. The van der Waals surface area contributed by atoms with Crippen LogP contribution < -0.4 is 4.90 Å². The van der Waals surface area contributed by atoms with Gasteiger partial charge in [-0.1, -0.05) is 23.7 Å². The Bertz CT molecular complexity index is 537. The summed E-state index contributed by atoms with van der Waals surface area (Å²) >= 11 is 6.14. The molecule has 0 aromatic heterocycles. The number of piperazine rings is 1. The van der Waals surface area contributed by atoms with Gasteiger partial charge in [0.15, 0.2) is 0 Å². The number of amides is 1. The van der Waals surface area contributed by atoms with Gasteiger partial charge in [-0.2, -0.15) is 0 Å². The van der Waals surface area contributed by atoms with Crippen LogP contribution in [0.4, 0.5) is 5.69 Å². The van der Waals surface area contributed by atoms with E-state index in [1.807, 2.05) is 24.3 Å². The van der Waals surface area contributed by atoms with Crippen LogP contribution in [0.3, 0.4) is 0 Å². The third-order valence-electron chi connectivity index (χ3n) is 3.15. The molecule has 2 rings (SSSR count). The molecule has 0 radical (unpaired) electrons. The topological polar surface area (TPSA) is 60.9 Å². The molecule has 1 aliphatic heterocycles. The Morgan fingerprint density at radius 1 is 1.10 bits per heavy atom. The van der Waals surface area contributed by atoms with Gasteiger partial charge in [-0.05, 0) is 12.1 Å². The molecule has 0 saturated carbocycles. The number of carbonyl (C=O) groups is 2. The predicted octanol–water partition coefficient (Wildman–Crippen LogP) is 1.63. The van der Waals surface area contributed by atoms with Crippen molar-refractivity contribution < 1.29 is 14.7 Å². The predicted molar refractivity (Wildman–Crippen MR) is 77.0 cm³/mol. The molecule has 0 unspecified atom stereocenters. The van der Waals surface area contributed by atoms with Crippen LogP contribution in [-0.2, 0) is 9.59 Å². The van der Waals surface area contributed by atoms with E-state index in [-0.39, 0.29) is 5.91 Å². The molecule has 0 aliphatic carbocycles. The number of nitrogens with zero attached hydrogens (tertiary/aromatic N) is 2. The Morgan fingerprint density at radius 3 is 2.35 bits per heavy atom. The fourth-order valence-corrected chi connectivity index (χ4v) is 2.38. The van der Waals surface area contributed by atoms with E-state index in [1.165, 1.54) is 0 Å². The van der Waals surface area contributed by atoms with Crippen molar-refractivity contribution in [3.8, 4) is 0 Å². The van der Waals surface area contributed by atoms with E-state index >= 15 is 0 Å². The molecule has 6 heteroatoms. The normalized spacial score (nSPS) is 15.7. The molecule has 1 amide bonds. The quantitative estimate of drug-likeness (QED) is 0.861. The largest absolute Gasteiger partial charge is 0.478 e. The van der Waals surface area contributed by atoms with Crippen molar-refractivity contribution in [3.63, 3.8) is 0 Å². The van der Waals surface area contributed by atoms with Crippen LogP contribution in [0.5, 0.6) is 0 Å². The number of aliphatic carboxylic acids is 1. The number of carboxylic acids is 1. The van der Waals surface area contributed by atoms with Crippen LogP contribution in [0.2, 0.25) is 5.02 Å². The van der Waals surface area contributed by atoms with Crippen LogP contribution in [0.15, 0.2) is 36.4 Å². The van der Waals surface area contributed by atoms with Crippen molar-refractivity contribution >= 4 is 29.2 Å². The SMILES string of the molecule is O=C(O)/C=C/C(=O)N1CCN(c2ccccc2Cl)CC1. The molecule has 0 atom stereocenters. The number of hydrogen-bond acceptors (Lipinski definition) is 3. The summed E-state index contributed by atoms with van der Waals surface area (Å²) < 4.78 is 0. The molecular weight excluding hydrogens is 280 g/mol. The van der Waals surface area contributed by atoms with E-state index in [1.54, 1.807) is 4.90 Å². The zero-order valence-corrected chi connectivity index (χ0v) is 11.6. The Kier molecular flexibility index (Phi) is 4.63. The standard InChI is InChI=1S/C14H15ClN2O3/c15-11-3-1-2-4-12(11)16-7-9-17(10-8-16)13(18)5-6-14(19)20/h1-6H,7-10H2,(H,19,20)/b6-5+. The molecular formula is C14H15ClN2O3. The molecule has 1 aliphatic rings. The zero-order valence-electron chi connectivity index (χ0n) is 10.8. The van der Waals surface area contributed by atoms with E-state index < -0.39 is 5.97 Å². The maximum Gasteiger partial charge on any atom is 0.328 e. The van der Waals surface area contributed by atoms with E-state index in [9.17, 15) is 9.59 Å². The molecule has 20 heavy (non-hydrogen) atoms. The Labute approximate surface area is 122 Å². The monoisotopic (exact) mass is 294 g/mol. The lowest BCUT2D eigenvalue weighted by atomic mass is 10.2. The van der Waals surface area contributed by atoms with Crippen LogP contribution >= 0.6 is 11.6 Å². The van der Waals surface area contributed by atoms with Gasteiger partial charge < -0.3 is 14.9 Å². The van der Waals surface area contributed by atoms with Gasteiger partial charge in [-0.25, -0.2) is 4.79 Å². The highest BCUT2D eigenvalue weighted by atomic mass is 35.5. The van der Waals surface area contributed by atoms with Crippen molar-refractivity contribution in [3.05, 3.63) is 41.4 Å². The van der Waals surface area contributed by atoms with Gasteiger partial charge in [0.2, 0.25) is 5.91 Å². The van der Waals surface area contributed by atoms with Crippen LogP contribution in [0, 0.1) is 0 Å². The van der Waals surface area contributed by atoms with E-state index in [2.05, 4.69) is 4.90 Å². The average molecular weight is 295 g/mol. The van der Waals surface area contributed by atoms with Crippen LogP contribution in [-0.4, -0.2) is 48.1 Å². The molecule has 1 fully saturated rings. The number of hydrogen-bond donors (Lipinski definition) is 1. The van der Waals surface area contributed by atoms with Gasteiger partial charge in [-0.15, -0.1) is 0 Å². The van der Waals surface area contributed by atoms with E-state index in [4.69, 9.17) is 16.7 Å². The second kappa shape index (κ2) is 6.43. The number of para-hydroxylation sites is 1. The number of carboxylic acid groups (broad SMARTS) is 1. The molecule has 1 heterocycles. The molecule has 0 bridgehead atoms. The molecule has 1 N–H and O–H groups in total. The van der Waals surface area contributed by atoms with Crippen molar-refractivity contribution in [1.82, 2.24) is 4.90 Å². The van der Waals surface area contributed by atoms with Crippen LogP contribution in [0.1, 0.15) is 0 Å². The van der Waals surface area contributed by atoms with Crippen molar-refractivity contribution in [1.29, 1.82) is 0 Å². The van der Waals surface area contributed by atoms with Gasteiger partial charge in [0.05, 0.1) is 10.7 Å². The van der Waals surface area contributed by atoms with Crippen molar-refractivity contribution in [2.75, 3.05) is 31.1 Å². The molecule has 0 spiro atoms. The van der Waals surface area contributed by atoms with Crippen LogP contribution in [0.25, 0.3) is 0 Å². The summed E-state index contributed by atoms with van der Waals surface area (Å²) in [6.45, 7) is 2.45. The highest BCUT2D eigenvalue weighted by Gasteiger charge is 2.20. The summed E-state index contributed by atoms with van der Waals surface area (Å²) in [7, 11) is 0. The summed E-state index contributed by atoms with van der Waals surface area (Å²) in [6.07, 6.45) is 1.95. The first kappa shape index (κ1) is 14.4.